The lowest BCUT2D eigenvalue weighted by Gasteiger charge is -2.10. The molecule has 0 aliphatic carbocycles. The highest BCUT2D eigenvalue weighted by Crippen LogP contribution is 2.45. The summed E-state index contributed by atoms with van der Waals surface area (Å²) in [5.41, 5.74) is 23.6. The lowest BCUT2D eigenvalue weighted by molar-refractivity contribution is 1.08. The molecule has 26 rings (SSSR count). The fraction of sp³-hybridized carbons (Fsp3) is 0. The summed E-state index contributed by atoms with van der Waals surface area (Å²) in [6, 6.07) is 123. The van der Waals surface area contributed by atoms with Crippen LogP contribution in [0.2, 0.25) is 0 Å². The maximum Gasteiger partial charge on any atom is 0.137 e. The van der Waals surface area contributed by atoms with Gasteiger partial charge in [0, 0.05) is 155 Å². The van der Waals surface area contributed by atoms with E-state index in [9.17, 15) is 0 Å². The fourth-order valence-electron chi connectivity index (χ4n) is 18.6. The van der Waals surface area contributed by atoms with Crippen molar-refractivity contribution in [2.24, 2.45) is 0 Å². The summed E-state index contributed by atoms with van der Waals surface area (Å²) in [6.07, 6.45) is 22.5. The molecule has 14 nitrogen and oxygen atoms in total. The van der Waals surface area contributed by atoms with Crippen LogP contribution in [0.4, 0.5) is 0 Å². The van der Waals surface area contributed by atoms with Gasteiger partial charge in [0.05, 0.1) is 90.2 Å². The van der Waals surface area contributed by atoms with Gasteiger partial charge in [0.2, 0.25) is 0 Å². The Hall–Kier alpha value is -17.5. The van der Waals surface area contributed by atoms with E-state index in [1.807, 2.05) is 135 Å². The number of hydrogen-bond donors (Lipinski definition) is 0. The van der Waals surface area contributed by atoms with E-state index in [0.717, 1.165) is 162 Å². The van der Waals surface area contributed by atoms with Crippen molar-refractivity contribution in [3.63, 3.8) is 0 Å². The molecule has 14 aromatic heterocycles. The summed E-state index contributed by atoms with van der Waals surface area (Å²) in [5.74, 6) is 1.75. The zero-order valence-corrected chi connectivity index (χ0v) is 68.2. The summed E-state index contributed by atoms with van der Waals surface area (Å²) < 4.78 is 6.84. The SMILES string of the molecule is c1ccc(-c2ccc(-n3c4ccc(-c5ccc(-c6cc7cccnc7c7ncccc67)cn5)cc4c4c5ccccc5ccc43)cn2)nc1.c1ccc(-c2ccc3c(c2)c2c4ccccc4ccc2n3-c2ccc(-c3nccc4ccccc34)cn2)nc1.c1cncc(-c2ccc3c(c2)c2c4ccccc4ccc2n3-c2ccc(-c3nccc4ccccc34)cn2)c1. The number of fused-ring (bicyclic) bond motifs is 20. The van der Waals surface area contributed by atoms with Crippen LogP contribution in [0.3, 0.4) is 0 Å². The Labute approximate surface area is 727 Å². The molecule has 0 unspecified atom stereocenters. The first-order chi connectivity index (χ1) is 63.0. The van der Waals surface area contributed by atoms with Gasteiger partial charge in [-0.05, 0) is 212 Å². The van der Waals surface area contributed by atoms with Crippen LogP contribution in [0, 0.1) is 0 Å². The number of nitrogens with zero attached hydrogens (tertiary/aromatic N) is 14. The molecule has 592 valence electrons. The van der Waals surface area contributed by atoms with Gasteiger partial charge in [-0.2, -0.15) is 0 Å². The second-order valence-electron chi connectivity index (χ2n) is 31.7. The molecule has 127 heavy (non-hydrogen) atoms. The molecule has 0 N–H and O–H groups in total. The molecule has 0 amide bonds. The monoisotopic (exact) mass is 1620 g/mol. The van der Waals surface area contributed by atoms with Crippen molar-refractivity contribution >= 4 is 141 Å². The van der Waals surface area contributed by atoms with Crippen LogP contribution in [0.5, 0.6) is 0 Å². The molecule has 12 aromatic carbocycles. The standard InChI is InChI=1S/C43H26N6.2C35H22N4/c1-2-9-32-27(7-1)13-19-40-41(32)35-23-28(14-18-39(35)49(40)31-15-17-38(48-26-31)37-11-3-4-20-44-37)36-16-12-30(25-47-36)34-24-29-8-5-21-45-42(29)43-33(34)10-6-22-46-43;1-3-9-27-23(7-1)12-16-32-34(27)29-21-25(30-11-5-6-19-36-30)13-15-31(29)39(32)33-17-14-26(22-38-33)35-28-10-4-2-8-24(28)18-20-37-35;1-3-9-28-23(6-1)11-15-32-34(28)30-20-25(26-8-5-18-36-21-26)12-14-31(30)39(32)33-16-13-27(22-38-33)35-29-10-4-2-7-24(29)17-19-37-35/h1-26H;2*1-22H. The van der Waals surface area contributed by atoms with Crippen molar-refractivity contribution in [1.29, 1.82) is 0 Å². The van der Waals surface area contributed by atoms with E-state index < -0.39 is 0 Å². The molecule has 0 aliphatic rings. The van der Waals surface area contributed by atoms with Gasteiger partial charge < -0.3 is 4.57 Å². The number of aromatic nitrogens is 14. The maximum atomic E-state index is 5.01. The quantitative estimate of drug-likeness (QED) is 0.120. The van der Waals surface area contributed by atoms with Crippen LogP contribution < -0.4 is 0 Å². The smallest absolute Gasteiger partial charge is 0.137 e. The number of pyridine rings is 11. The van der Waals surface area contributed by atoms with E-state index in [0.29, 0.717) is 0 Å². The van der Waals surface area contributed by atoms with Gasteiger partial charge >= 0.3 is 0 Å². The molecular formula is C113H70N14. The highest BCUT2D eigenvalue weighted by molar-refractivity contribution is 6.25. The Morgan fingerprint density at radius 1 is 0.181 bits per heavy atom. The number of rotatable bonds is 10. The van der Waals surface area contributed by atoms with Gasteiger partial charge in [-0.15, -0.1) is 0 Å². The third-order valence-electron chi connectivity index (χ3n) is 24.5. The van der Waals surface area contributed by atoms with E-state index in [4.69, 9.17) is 24.9 Å². The highest BCUT2D eigenvalue weighted by atomic mass is 15.1. The third-order valence-corrected chi connectivity index (χ3v) is 24.5. The van der Waals surface area contributed by atoms with Crippen LogP contribution in [0.15, 0.2) is 426 Å². The summed E-state index contributed by atoms with van der Waals surface area (Å²) in [6.45, 7) is 0. The third kappa shape index (κ3) is 12.8. The fourth-order valence-corrected chi connectivity index (χ4v) is 18.6. The molecule has 14 heterocycles. The van der Waals surface area contributed by atoms with Gasteiger partial charge in [0.1, 0.15) is 11.6 Å². The molecule has 0 aliphatic heterocycles. The van der Waals surface area contributed by atoms with Gasteiger partial charge in [-0.25, -0.2) is 9.97 Å². The molecule has 0 saturated carbocycles. The molecule has 0 radical (unpaired) electrons. The largest absolute Gasteiger partial charge is 0.308 e. The second kappa shape index (κ2) is 30.9. The first-order valence-electron chi connectivity index (χ1n) is 42.3. The Morgan fingerprint density at radius 2 is 0.591 bits per heavy atom. The average Bonchev–Trinajstić information content (AvgIpc) is 1.58. The van der Waals surface area contributed by atoms with Crippen molar-refractivity contribution in [2.45, 2.75) is 0 Å². The van der Waals surface area contributed by atoms with Gasteiger partial charge in [0.15, 0.2) is 0 Å². The molecular weight excluding hydrogens is 1550 g/mol. The minimum absolute atomic E-state index is 0.844. The predicted molar refractivity (Wildman–Crippen MR) is 519 cm³/mol. The maximum absolute atomic E-state index is 5.01. The van der Waals surface area contributed by atoms with Crippen LogP contribution in [0.25, 0.3) is 237 Å². The summed E-state index contributed by atoms with van der Waals surface area (Å²) >= 11 is 0. The zero-order valence-electron chi connectivity index (χ0n) is 68.2. The van der Waals surface area contributed by atoms with Crippen LogP contribution in [-0.4, -0.2) is 68.5 Å². The first kappa shape index (κ1) is 73.4. The topological polar surface area (TPSA) is 157 Å². The summed E-state index contributed by atoms with van der Waals surface area (Å²) in [5, 5.41) is 21.3. The zero-order chi connectivity index (χ0) is 83.8. The van der Waals surface area contributed by atoms with Crippen LogP contribution in [0.1, 0.15) is 0 Å². The predicted octanol–water partition coefficient (Wildman–Crippen LogP) is 27.4. The average molecular weight is 1620 g/mol. The van der Waals surface area contributed by atoms with Crippen LogP contribution in [-0.2, 0) is 0 Å². The van der Waals surface area contributed by atoms with E-state index in [1.165, 1.54) is 75.4 Å². The molecule has 0 fully saturated rings. The minimum atomic E-state index is 0.844. The second-order valence-corrected chi connectivity index (χ2v) is 31.7. The molecule has 0 atom stereocenters. The van der Waals surface area contributed by atoms with Crippen molar-refractivity contribution < 1.29 is 0 Å². The molecule has 26 aromatic rings. The number of hydrogen-bond acceptors (Lipinski definition) is 11. The van der Waals surface area contributed by atoms with Gasteiger partial charge in [-0.1, -0.05) is 194 Å². The van der Waals surface area contributed by atoms with Crippen molar-refractivity contribution in [1.82, 2.24) is 68.5 Å². The molecule has 14 heteroatoms. The van der Waals surface area contributed by atoms with E-state index >= 15 is 0 Å². The van der Waals surface area contributed by atoms with Crippen LogP contribution >= 0.6 is 0 Å². The van der Waals surface area contributed by atoms with Crippen molar-refractivity contribution in [2.75, 3.05) is 0 Å². The summed E-state index contributed by atoms with van der Waals surface area (Å²) in [7, 11) is 0. The van der Waals surface area contributed by atoms with Crippen molar-refractivity contribution in [3.8, 4) is 96.0 Å². The van der Waals surface area contributed by atoms with Crippen molar-refractivity contribution in [3.05, 3.63) is 426 Å². The molecule has 0 spiro atoms. The number of benzene rings is 12. The van der Waals surface area contributed by atoms with Gasteiger partial charge in [0.25, 0.3) is 0 Å². The van der Waals surface area contributed by atoms with E-state index in [2.05, 4.69) is 329 Å². The Balaban J connectivity index is 0.000000107. The summed E-state index contributed by atoms with van der Waals surface area (Å²) in [4.78, 5) is 51.9. The molecule has 0 saturated heterocycles. The minimum Gasteiger partial charge on any atom is -0.308 e. The first-order valence-corrected chi connectivity index (χ1v) is 42.3. The Morgan fingerprint density at radius 3 is 1.10 bits per heavy atom. The Kier molecular flexibility index (Phi) is 17.9. The highest BCUT2D eigenvalue weighted by Gasteiger charge is 2.23. The lowest BCUT2D eigenvalue weighted by atomic mass is 9.98. The lowest BCUT2D eigenvalue weighted by Crippen LogP contribution is -1.98. The van der Waals surface area contributed by atoms with Gasteiger partial charge in [-0.3, -0.25) is 54.0 Å². The normalized spacial score (nSPS) is 11.6. The van der Waals surface area contributed by atoms with E-state index in [-0.39, 0.29) is 0 Å². The van der Waals surface area contributed by atoms with E-state index in [1.54, 1.807) is 6.20 Å². The molecule has 0 bridgehead atoms. The Bertz CT molecular complexity index is 8480.